The van der Waals surface area contributed by atoms with E-state index in [9.17, 15) is 4.79 Å². The number of aliphatic hydroxyl groups is 1. The second-order valence-corrected chi connectivity index (χ2v) is 6.05. The molecular formula is C21H28O5. The molecule has 0 bridgehead atoms. The summed E-state index contributed by atoms with van der Waals surface area (Å²) < 4.78 is 16.6. The monoisotopic (exact) mass is 360 g/mol. The van der Waals surface area contributed by atoms with Crippen molar-refractivity contribution in [2.45, 2.75) is 26.7 Å². The molecule has 5 nitrogen and oxygen atoms in total. The van der Waals surface area contributed by atoms with E-state index < -0.39 is 0 Å². The molecule has 0 amide bonds. The minimum absolute atomic E-state index is 0.0446. The fourth-order valence-corrected chi connectivity index (χ4v) is 2.38. The highest BCUT2D eigenvalue weighted by molar-refractivity contribution is 5.82. The van der Waals surface area contributed by atoms with Gasteiger partial charge in [0.05, 0.1) is 20.8 Å². The number of Topliss-reactive ketones (excluding diaryl/α,β-unsaturated/α-hetero) is 1. The molecule has 1 aromatic rings. The summed E-state index contributed by atoms with van der Waals surface area (Å²) in [7, 11) is 3.11. The fourth-order valence-electron chi connectivity index (χ4n) is 2.38. The largest absolute Gasteiger partial charge is 0.493 e. The Morgan fingerprint density at radius 2 is 1.77 bits per heavy atom. The molecular weight excluding hydrogens is 332 g/mol. The molecule has 0 aromatic heterocycles. The Kier molecular flexibility index (Phi) is 9.23. The van der Waals surface area contributed by atoms with Crippen molar-refractivity contribution in [2.24, 2.45) is 0 Å². The summed E-state index contributed by atoms with van der Waals surface area (Å²) in [5.41, 5.74) is 2.64. The molecule has 0 radical (unpaired) electrons. The average molecular weight is 360 g/mol. The van der Waals surface area contributed by atoms with Crippen molar-refractivity contribution >= 4 is 11.9 Å². The Labute approximate surface area is 155 Å². The van der Waals surface area contributed by atoms with Gasteiger partial charge in [-0.3, -0.25) is 4.79 Å². The molecule has 5 heteroatoms. The van der Waals surface area contributed by atoms with E-state index in [1.807, 2.05) is 19.9 Å². The summed E-state index contributed by atoms with van der Waals surface area (Å²) in [5, 5.41) is 8.90. The first-order chi connectivity index (χ1) is 12.4. The molecule has 0 saturated carbocycles. The number of hydrogen-bond acceptors (Lipinski definition) is 5. The minimum atomic E-state index is -0.0446. The standard InChI is InChI=1S/C21H28O5/c1-15(2)11-18(23)12-16(3)8-10-26-21-19(24-4)13-17(7-6-9-22)14-20(21)25-5/h6-8,13-14,22H,1,9-12H2,2-5H3. The quantitative estimate of drug-likeness (QED) is 0.605. The van der Waals surface area contributed by atoms with Gasteiger partial charge in [-0.15, -0.1) is 0 Å². The zero-order valence-electron chi connectivity index (χ0n) is 16.0. The highest BCUT2D eigenvalue weighted by atomic mass is 16.5. The van der Waals surface area contributed by atoms with Gasteiger partial charge in [0.2, 0.25) is 5.75 Å². The third kappa shape index (κ3) is 7.15. The zero-order chi connectivity index (χ0) is 19.5. The molecule has 0 spiro atoms. The lowest BCUT2D eigenvalue weighted by Crippen LogP contribution is -2.03. The molecule has 0 aliphatic carbocycles. The maximum Gasteiger partial charge on any atom is 0.203 e. The van der Waals surface area contributed by atoms with Gasteiger partial charge in [-0.05, 0) is 37.6 Å². The molecule has 0 atom stereocenters. The molecule has 0 saturated heterocycles. The molecule has 0 unspecified atom stereocenters. The molecule has 1 rings (SSSR count). The van der Waals surface area contributed by atoms with Crippen molar-refractivity contribution < 1.29 is 24.1 Å². The van der Waals surface area contributed by atoms with E-state index in [1.165, 1.54) is 0 Å². The van der Waals surface area contributed by atoms with Gasteiger partial charge in [0, 0.05) is 12.8 Å². The highest BCUT2D eigenvalue weighted by Crippen LogP contribution is 2.39. The summed E-state index contributed by atoms with van der Waals surface area (Å²) >= 11 is 0. The van der Waals surface area contributed by atoms with Crippen LogP contribution in [0.1, 0.15) is 32.3 Å². The smallest absolute Gasteiger partial charge is 0.203 e. The first-order valence-electron chi connectivity index (χ1n) is 8.39. The van der Waals surface area contributed by atoms with Crippen LogP contribution in [0.3, 0.4) is 0 Å². The second-order valence-electron chi connectivity index (χ2n) is 6.05. The maximum atomic E-state index is 11.8. The van der Waals surface area contributed by atoms with Crippen LogP contribution in [0.15, 0.2) is 42.0 Å². The van der Waals surface area contributed by atoms with Crippen LogP contribution in [0.5, 0.6) is 17.2 Å². The number of aliphatic hydroxyl groups excluding tert-OH is 1. The summed E-state index contributed by atoms with van der Waals surface area (Å²) in [6, 6.07) is 3.61. The van der Waals surface area contributed by atoms with Crippen molar-refractivity contribution in [1.82, 2.24) is 0 Å². The van der Waals surface area contributed by atoms with Crippen LogP contribution in [0, 0.1) is 0 Å². The second kappa shape index (κ2) is 11.2. The van der Waals surface area contributed by atoms with Gasteiger partial charge in [-0.2, -0.15) is 0 Å². The van der Waals surface area contributed by atoms with E-state index >= 15 is 0 Å². The van der Waals surface area contributed by atoms with E-state index in [4.69, 9.17) is 19.3 Å². The van der Waals surface area contributed by atoms with E-state index in [0.717, 1.165) is 16.7 Å². The molecule has 0 fully saturated rings. The Bertz CT molecular complexity index is 661. The lowest BCUT2D eigenvalue weighted by Gasteiger charge is -2.14. The van der Waals surface area contributed by atoms with Crippen LogP contribution in [-0.4, -0.2) is 38.3 Å². The molecule has 0 heterocycles. The molecule has 1 aromatic carbocycles. The molecule has 142 valence electrons. The predicted octanol–water partition coefficient (Wildman–Crippen LogP) is 3.96. The van der Waals surface area contributed by atoms with Gasteiger partial charge in [0.1, 0.15) is 12.4 Å². The van der Waals surface area contributed by atoms with Crippen molar-refractivity contribution in [3.63, 3.8) is 0 Å². The maximum absolute atomic E-state index is 11.8. The number of benzene rings is 1. The number of ether oxygens (including phenoxy) is 3. The lowest BCUT2D eigenvalue weighted by molar-refractivity contribution is -0.117. The topological polar surface area (TPSA) is 65.0 Å². The molecule has 0 aliphatic rings. The van der Waals surface area contributed by atoms with Crippen LogP contribution < -0.4 is 14.2 Å². The Morgan fingerprint density at radius 1 is 1.15 bits per heavy atom. The fraction of sp³-hybridized carbons (Fsp3) is 0.381. The molecule has 26 heavy (non-hydrogen) atoms. The average Bonchev–Trinajstić information content (AvgIpc) is 2.59. The number of carbonyl (C=O) groups excluding carboxylic acids is 1. The van der Waals surface area contributed by atoms with Gasteiger partial charge in [0.15, 0.2) is 11.5 Å². The number of hydrogen-bond donors (Lipinski definition) is 1. The summed E-state index contributed by atoms with van der Waals surface area (Å²) in [4.78, 5) is 11.8. The van der Waals surface area contributed by atoms with E-state index in [2.05, 4.69) is 6.58 Å². The number of carbonyl (C=O) groups is 1. The van der Waals surface area contributed by atoms with Crippen LogP contribution in [0.25, 0.3) is 6.08 Å². The SMILES string of the molecule is C=C(C)CC(=O)CC(C)=CCOc1c(OC)cc(C=CCO)cc1OC. The first-order valence-corrected chi connectivity index (χ1v) is 8.39. The van der Waals surface area contributed by atoms with Gasteiger partial charge in [0.25, 0.3) is 0 Å². The van der Waals surface area contributed by atoms with E-state index in [-0.39, 0.29) is 12.4 Å². The highest BCUT2D eigenvalue weighted by Gasteiger charge is 2.13. The normalized spacial score (nSPS) is 11.5. The number of methoxy groups -OCH3 is 2. The Morgan fingerprint density at radius 3 is 2.27 bits per heavy atom. The van der Waals surface area contributed by atoms with Crippen molar-refractivity contribution in [3.05, 3.63) is 47.6 Å². The third-order valence-electron chi connectivity index (χ3n) is 3.53. The predicted molar refractivity (Wildman–Crippen MR) is 104 cm³/mol. The lowest BCUT2D eigenvalue weighted by atomic mass is 10.1. The van der Waals surface area contributed by atoms with E-state index in [0.29, 0.717) is 36.7 Å². The van der Waals surface area contributed by atoms with Crippen LogP contribution >= 0.6 is 0 Å². The van der Waals surface area contributed by atoms with Crippen molar-refractivity contribution in [2.75, 3.05) is 27.4 Å². The van der Waals surface area contributed by atoms with Gasteiger partial charge in [-0.25, -0.2) is 0 Å². The number of rotatable bonds is 11. The summed E-state index contributed by atoms with van der Waals surface area (Å²) in [6.45, 7) is 7.75. The molecule has 0 aliphatic heterocycles. The summed E-state index contributed by atoms with van der Waals surface area (Å²) in [5.74, 6) is 1.70. The van der Waals surface area contributed by atoms with E-state index in [1.54, 1.807) is 38.5 Å². The number of allylic oxidation sites excluding steroid dienone is 2. The van der Waals surface area contributed by atoms with Gasteiger partial charge >= 0.3 is 0 Å². The van der Waals surface area contributed by atoms with Crippen LogP contribution in [0.4, 0.5) is 0 Å². The minimum Gasteiger partial charge on any atom is -0.493 e. The van der Waals surface area contributed by atoms with Gasteiger partial charge < -0.3 is 19.3 Å². The zero-order valence-corrected chi connectivity index (χ0v) is 16.0. The Hall–Kier alpha value is -2.53. The Balaban J connectivity index is 2.85. The van der Waals surface area contributed by atoms with Crippen LogP contribution in [-0.2, 0) is 4.79 Å². The van der Waals surface area contributed by atoms with Crippen molar-refractivity contribution in [3.8, 4) is 17.2 Å². The van der Waals surface area contributed by atoms with Gasteiger partial charge in [-0.1, -0.05) is 29.9 Å². The van der Waals surface area contributed by atoms with Crippen LogP contribution in [0.2, 0.25) is 0 Å². The number of ketones is 1. The van der Waals surface area contributed by atoms with Crippen molar-refractivity contribution in [1.29, 1.82) is 0 Å². The molecule has 1 N–H and O–H groups in total. The third-order valence-corrected chi connectivity index (χ3v) is 3.53. The summed E-state index contributed by atoms with van der Waals surface area (Å²) in [6.07, 6.45) is 6.05. The first kappa shape index (κ1) is 21.5.